The first kappa shape index (κ1) is 44.0. The Hall–Kier alpha value is -2.44. The lowest BCUT2D eigenvalue weighted by molar-refractivity contribution is -0.347. The van der Waals surface area contributed by atoms with Gasteiger partial charge in [-0.25, -0.2) is 19.3 Å². The number of carbonyl (C=O) groups is 2. The van der Waals surface area contributed by atoms with Gasteiger partial charge in [0.15, 0.2) is 17.2 Å². The number of aliphatic hydroxyl groups excluding tert-OH is 2. The minimum atomic E-state index is -5.91. The minimum Gasteiger partial charge on any atom is -0.790 e. The standard InChI is InChI=1S/C24H42BN7O17P3/c1-5-44-25-7-9-27-15(33)6-8-28-22(36)19(35)23(2,3)11-46-52(42,43)49-51(40,41)45-10-14-17(48-50(37,38)39)18(34)24(4,47-14)32-13-31-16-20(26)29-12-30-21(16)32/h12-14,17-19,34-35H,5-11H2,1-4H3,(H,27,33)(H,28,36)(H,40,41)(H,42,43)(H2,26,29,30)(H2,37,38,39)/p-4. The van der Waals surface area contributed by atoms with Crippen LogP contribution in [0.4, 0.5) is 5.82 Å². The predicted octanol–water partition coefficient (Wildman–Crippen LogP) is -3.87. The molecule has 7 atom stereocenters. The summed E-state index contributed by atoms with van der Waals surface area (Å²) in [4.78, 5) is 84.0. The smallest absolute Gasteiger partial charge is 0.294 e. The lowest BCUT2D eigenvalue weighted by Gasteiger charge is -2.36. The fraction of sp³-hybridized carbons (Fsp3) is 0.708. The number of anilines is 1. The molecule has 0 saturated carbocycles. The summed E-state index contributed by atoms with van der Waals surface area (Å²) >= 11 is 0. The van der Waals surface area contributed by atoms with Crippen molar-refractivity contribution in [2.24, 2.45) is 5.41 Å². The van der Waals surface area contributed by atoms with Crippen LogP contribution in [0.3, 0.4) is 0 Å². The van der Waals surface area contributed by atoms with E-state index in [1.807, 2.05) is 0 Å². The first-order chi connectivity index (χ1) is 24.0. The SMILES string of the molecule is CCO[B]CCNC(=O)CCNC(=O)C(O)C(C)(C)COP(=O)([O-])OP(=O)([O-])OCC1OC(C)(n2cnc3c(N)ncnc32)C(O)C1OP(=O)([O-])[O-]. The maximum atomic E-state index is 12.5. The van der Waals surface area contributed by atoms with Crippen molar-refractivity contribution in [2.75, 3.05) is 38.6 Å². The fourth-order valence-electron chi connectivity index (χ4n) is 4.70. The zero-order chi connectivity index (χ0) is 39.1. The molecule has 2 amide bonds. The van der Waals surface area contributed by atoms with Gasteiger partial charge in [0.1, 0.15) is 36.3 Å². The molecular weight excluding hydrogens is 762 g/mol. The minimum absolute atomic E-state index is 0.0271. The molecule has 1 radical (unpaired) electrons. The number of nitrogens with zero attached hydrogens (tertiary/aromatic N) is 4. The molecule has 3 heterocycles. The van der Waals surface area contributed by atoms with Gasteiger partial charge < -0.3 is 73.7 Å². The summed E-state index contributed by atoms with van der Waals surface area (Å²) in [6.07, 6.45) is -5.50. The Morgan fingerprint density at radius 3 is 2.46 bits per heavy atom. The van der Waals surface area contributed by atoms with Crippen molar-refractivity contribution in [3.63, 3.8) is 0 Å². The third-order valence-corrected chi connectivity index (χ3v) is 10.4. The van der Waals surface area contributed by atoms with Crippen LogP contribution in [0, 0.1) is 5.41 Å². The van der Waals surface area contributed by atoms with Crippen LogP contribution < -0.4 is 35.9 Å². The molecule has 1 aliphatic rings. The monoisotopic (exact) mass is 800 g/mol. The van der Waals surface area contributed by atoms with Crippen LogP contribution in [0.2, 0.25) is 6.32 Å². The van der Waals surface area contributed by atoms with E-state index in [1.165, 1.54) is 28.3 Å². The summed E-state index contributed by atoms with van der Waals surface area (Å²) in [5.41, 5.74) is 2.06. The number of aromatic nitrogens is 4. The lowest BCUT2D eigenvalue weighted by Crippen LogP contribution is -2.46. The Bertz CT molecular complexity index is 1700. The fourth-order valence-corrected chi connectivity index (χ4v) is 7.43. The molecule has 1 aliphatic heterocycles. The zero-order valence-electron chi connectivity index (χ0n) is 28.2. The number of rotatable bonds is 21. The molecule has 0 aromatic carbocycles. The van der Waals surface area contributed by atoms with E-state index >= 15 is 0 Å². The van der Waals surface area contributed by atoms with Gasteiger partial charge in [-0.2, -0.15) is 0 Å². The number of aliphatic hydroxyl groups is 2. The van der Waals surface area contributed by atoms with Crippen LogP contribution >= 0.6 is 23.5 Å². The van der Waals surface area contributed by atoms with Gasteiger partial charge in [0.25, 0.3) is 23.1 Å². The van der Waals surface area contributed by atoms with Gasteiger partial charge in [0, 0.05) is 31.5 Å². The van der Waals surface area contributed by atoms with Gasteiger partial charge in [-0.15, -0.1) is 0 Å². The Labute approximate surface area is 297 Å². The summed E-state index contributed by atoms with van der Waals surface area (Å²) in [6.45, 7) is 3.75. The number of carbonyl (C=O) groups excluding carboxylic acids is 2. The Balaban J connectivity index is 1.58. The molecule has 7 unspecified atom stereocenters. The Morgan fingerprint density at radius 2 is 1.81 bits per heavy atom. The lowest BCUT2D eigenvalue weighted by atomic mass is 9.87. The third kappa shape index (κ3) is 12.0. The number of imidazole rings is 1. The maximum Gasteiger partial charge on any atom is 0.294 e. The van der Waals surface area contributed by atoms with Gasteiger partial charge in [-0.1, -0.05) is 13.8 Å². The Morgan fingerprint density at radius 1 is 1.13 bits per heavy atom. The number of ether oxygens (including phenoxy) is 1. The van der Waals surface area contributed by atoms with Crippen molar-refractivity contribution in [2.45, 2.75) is 70.6 Å². The van der Waals surface area contributed by atoms with Crippen molar-refractivity contribution in [3.05, 3.63) is 12.7 Å². The molecule has 52 heavy (non-hydrogen) atoms. The van der Waals surface area contributed by atoms with E-state index in [-0.39, 0.29) is 29.9 Å². The molecule has 6 N–H and O–H groups in total. The molecule has 293 valence electrons. The quantitative estimate of drug-likeness (QED) is 0.0458. The summed E-state index contributed by atoms with van der Waals surface area (Å²) in [5.74, 6) is -1.47. The molecule has 24 nitrogen and oxygen atoms in total. The highest BCUT2D eigenvalue weighted by atomic mass is 31.3. The van der Waals surface area contributed by atoms with Crippen molar-refractivity contribution in [1.29, 1.82) is 0 Å². The highest BCUT2D eigenvalue weighted by molar-refractivity contribution is 7.59. The van der Waals surface area contributed by atoms with E-state index in [2.05, 4.69) is 43.5 Å². The summed E-state index contributed by atoms with van der Waals surface area (Å²) < 4.78 is 65.9. The van der Waals surface area contributed by atoms with Crippen LogP contribution in [0.1, 0.15) is 34.1 Å². The number of nitrogens with two attached hydrogens (primary N) is 1. The number of fused-ring (bicyclic) bond motifs is 1. The molecule has 2 aromatic heterocycles. The van der Waals surface area contributed by atoms with Gasteiger partial charge in [0.2, 0.25) is 11.8 Å². The van der Waals surface area contributed by atoms with Crippen LogP contribution in [-0.4, -0.2) is 106 Å². The second-order valence-electron chi connectivity index (χ2n) is 12.0. The average molecular weight is 800 g/mol. The number of phosphoric ester groups is 3. The van der Waals surface area contributed by atoms with E-state index in [1.54, 1.807) is 6.92 Å². The topological polar surface area (TPSA) is 367 Å². The summed E-state index contributed by atoms with van der Waals surface area (Å²) in [7, 11) is -16.1. The largest absolute Gasteiger partial charge is 0.790 e. The van der Waals surface area contributed by atoms with Crippen molar-refractivity contribution >= 4 is 59.7 Å². The van der Waals surface area contributed by atoms with Gasteiger partial charge >= 0.3 is 0 Å². The van der Waals surface area contributed by atoms with Gasteiger partial charge in [-0.3, -0.25) is 23.3 Å². The molecule has 0 aliphatic carbocycles. The average Bonchev–Trinajstić information content (AvgIpc) is 3.58. The maximum absolute atomic E-state index is 12.5. The first-order valence-electron chi connectivity index (χ1n) is 15.3. The van der Waals surface area contributed by atoms with Crippen LogP contribution in [0.15, 0.2) is 12.7 Å². The molecular formula is C24H38BN7O17P3-4. The number of amides is 2. The third-order valence-electron chi connectivity index (χ3n) is 7.41. The Kier molecular flexibility index (Phi) is 15.1. The second-order valence-corrected chi connectivity index (χ2v) is 16.0. The molecule has 1 fully saturated rings. The van der Waals surface area contributed by atoms with Crippen molar-refractivity contribution in [1.82, 2.24) is 30.2 Å². The number of hydrogen-bond donors (Lipinski definition) is 5. The van der Waals surface area contributed by atoms with Crippen molar-refractivity contribution in [3.8, 4) is 0 Å². The molecule has 3 rings (SSSR count). The number of hydrogen-bond acceptors (Lipinski definition) is 21. The number of nitrogen functional groups attached to an aromatic ring is 1. The second kappa shape index (κ2) is 17.8. The van der Waals surface area contributed by atoms with Gasteiger partial charge in [0.05, 0.1) is 27.4 Å². The van der Waals surface area contributed by atoms with Gasteiger partial charge in [-0.05, 0) is 20.2 Å². The van der Waals surface area contributed by atoms with E-state index in [0.29, 0.717) is 19.5 Å². The zero-order valence-corrected chi connectivity index (χ0v) is 30.9. The van der Waals surface area contributed by atoms with E-state index in [9.17, 15) is 53.1 Å². The molecule has 2 aromatic rings. The van der Waals surface area contributed by atoms with E-state index < -0.39 is 84.1 Å². The number of nitrogens with one attached hydrogen (secondary N) is 2. The van der Waals surface area contributed by atoms with Crippen LogP contribution in [-0.2, 0) is 56.3 Å². The predicted molar refractivity (Wildman–Crippen MR) is 168 cm³/mol. The highest BCUT2D eigenvalue weighted by Gasteiger charge is 2.55. The summed E-state index contributed by atoms with van der Waals surface area (Å²) in [5, 5.41) is 26.4. The highest BCUT2D eigenvalue weighted by Crippen LogP contribution is 2.56. The van der Waals surface area contributed by atoms with Crippen LogP contribution in [0.5, 0.6) is 0 Å². The molecule has 1 saturated heterocycles. The van der Waals surface area contributed by atoms with Crippen molar-refractivity contribution < 1.29 is 80.3 Å². The molecule has 28 heteroatoms. The molecule has 0 bridgehead atoms. The molecule has 0 spiro atoms. The number of phosphoric acid groups is 3. The normalized spacial score (nSPS) is 23.8. The van der Waals surface area contributed by atoms with Crippen LogP contribution in [0.25, 0.3) is 11.2 Å². The van der Waals surface area contributed by atoms with E-state index in [0.717, 1.165) is 17.2 Å². The summed E-state index contributed by atoms with van der Waals surface area (Å²) in [6, 6.07) is 0. The first-order valence-corrected chi connectivity index (χ1v) is 19.7. The van der Waals surface area contributed by atoms with E-state index in [4.69, 9.17) is 15.1 Å².